The highest BCUT2D eigenvalue weighted by molar-refractivity contribution is 5.43. The van der Waals surface area contributed by atoms with Gasteiger partial charge in [-0.15, -0.1) is 0 Å². The summed E-state index contributed by atoms with van der Waals surface area (Å²) in [6, 6.07) is 5.29. The third-order valence-electron chi connectivity index (χ3n) is 2.91. The summed E-state index contributed by atoms with van der Waals surface area (Å²) in [5.41, 5.74) is 0.852. The Kier molecular flexibility index (Phi) is 14.6. The SMILES string of the molecule is CC=CC.COc1ccc(O)c(C(C)(C)C)c1.OCCCCO. The van der Waals surface area contributed by atoms with E-state index in [1.165, 1.54) is 0 Å². The average Bonchev–Trinajstić information content (AvgIpc) is 2.53. The first kappa shape index (κ1) is 23.7. The van der Waals surface area contributed by atoms with Gasteiger partial charge in [-0.2, -0.15) is 0 Å². The van der Waals surface area contributed by atoms with E-state index in [0.29, 0.717) is 5.75 Å². The molecule has 0 unspecified atom stereocenters. The van der Waals surface area contributed by atoms with Crippen molar-refractivity contribution in [3.8, 4) is 11.5 Å². The van der Waals surface area contributed by atoms with Gasteiger partial charge in [0.05, 0.1) is 7.11 Å². The number of phenolic OH excluding ortho intramolecular Hbond substituents is 1. The number of aliphatic hydroxyl groups excluding tert-OH is 2. The van der Waals surface area contributed by atoms with Gasteiger partial charge in [0.15, 0.2) is 0 Å². The quantitative estimate of drug-likeness (QED) is 0.577. The third-order valence-corrected chi connectivity index (χ3v) is 2.91. The van der Waals surface area contributed by atoms with E-state index in [4.69, 9.17) is 14.9 Å². The van der Waals surface area contributed by atoms with Gasteiger partial charge < -0.3 is 20.1 Å². The first-order valence-corrected chi connectivity index (χ1v) is 7.94. The molecule has 4 heteroatoms. The molecule has 0 amide bonds. The van der Waals surface area contributed by atoms with E-state index in [2.05, 4.69) is 20.8 Å². The highest BCUT2D eigenvalue weighted by atomic mass is 16.5. The minimum atomic E-state index is -0.0569. The largest absolute Gasteiger partial charge is 0.508 e. The standard InChI is InChI=1S/C11H16O2.C4H10O2.C4H8/c1-11(2,3)9-7-8(13-4)5-6-10(9)12;5-3-1-2-4-6;1-3-4-2/h5-7,12H,1-4H3;5-6H,1-4H2;3-4H,1-2H3. The molecule has 4 nitrogen and oxygen atoms in total. The van der Waals surface area contributed by atoms with E-state index >= 15 is 0 Å². The zero-order chi connectivity index (χ0) is 18.3. The Labute approximate surface area is 141 Å². The minimum absolute atomic E-state index is 0.0569. The molecule has 0 bridgehead atoms. The molecule has 0 aliphatic heterocycles. The fourth-order valence-corrected chi connectivity index (χ4v) is 1.47. The zero-order valence-electron chi connectivity index (χ0n) is 15.5. The molecule has 0 radical (unpaired) electrons. The van der Waals surface area contributed by atoms with Gasteiger partial charge >= 0.3 is 0 Å². The number of aliphatic hydroxyl groups is 2. The lowest BCUT2D eigenvalue weighted by Crippen LogP contribution is -2.11. The van der Waals surface area contributed by atoms with Gasteiger partial charge in [0, 0.05) is 18.8 Å². The Morgan fingerprint density at radius 3 is 1.78 bits per heavy atom. The predicted octanol–water partition coefficient (Wildman–Crippen LogP) is 4.03. The molecule has 0 spiro atoms. The van der Waals surface area contributed by atoms with Crippen molar-refractivity contribution < 1.29 is 20.1 Å². The van der Waals surface area contributed by atoms with Crippen LogP contribution in [0.25, 0.3) is 0 Å². The number of phenols is 1. The predicted molar refractivity (Wildman–Crippen MR) is 97.3 cm³/mol. The van der Waals surface area contributed by atoms with Gasteiger partial charge in [0.2, 0.25) is 0 Å². The number of hydrogen-bond donors (Lipinski definition) is 3. The van der Waals surface area contributed by atoms with Crippen LogP contribution in [0, 0.1) is 0 Å². The fourth-order valence-electron chi connectivity index (χ4n) is 1.47. The van der Waals surface area contributed by atoms with Crippen LogP contribution >= 0.6 is 0 Å². The Balaban J connectivity index is 0. The van der Waals surface area contributed by atoms with Crippen LogP contribution in [0.1, 0.15) is 53.0 Å². The second-order valence-corrected chi connectivity index (χ2v) is 5.95. The van der Waals surface area contributed by atoms with Gasteiger partial charge in [-0.05, 0) is 50.3 Å². The molecule has 0 atom stereocenters. The van der Waals surface area contributed by atoms with E-state index in [9.17, 15) is 5.11 Å². The maximum Gasteiger partial charge on any atom is 0.119 e. The van der Waals surface area contributed by atoms with Crippen molar-refractivity contribution in [2.45, 2.75) is 52.9 Å². The minimum Gasteiger partial charge on any atom is -0.508 e. The Bertz CT molecular complexity index is 412. The molecule has 0 aromatic heterocycles. The number of ether oxygens (including phenoxy) is 1. The first-order chi connectivity index (χ1) is 10.8. The normalized spacial score (nSPS) is 10.4. The van der Waals surface area contributed by atoms with Crippen molar-refractivity contribution >= 4 is 0 Å². The number of hydrogen-bond acceptors (Lipinski definition) is 4. The maximum atomic E-state index is 9.61. The number of rotatable bonds is 4. The van der Waals surface area contributed by atoms with Gasteiger partial charge in [0.25, 0.3) is 0 Å². The number of methoxy groups -OCH3 is 1. The molecule has 0 aliphatic rings. The molecule has 0 heterocycles. The summed E-state index contributed by atoms with van der Waals surface area (Å²) in [5, 5.41) is 25.8. The Morgan fingerprint density at radius 2 is 1.48 bits per heavy atom. The van der Waals surface area contributed by atoms with Crippen LogP contribution in [-0.4, -0.2) is 35.6 Å². The summed E-state index contributed by atoms with van der Waals surface area (Å²) in [6.45, 7) is 10.6. The van der Waals surface area contributed by atoms with E-state index < -0.39 is 0 Å². The number of benzene rings is 1. The molecule has 0 fully saturated rings. The summed E-state index contributed by atoms with van der Waals surface area (Å²) < 4.78 is 5.09. The van der Waals surface area contributed by atoms with E-state index in [-0.39, 0.29) is 18.6 Å². The molecular formula is C19H34O4. The molecule has 3 N–H and O–H groups in total. The molecule has 1 rings (SSSR count). The van der Waals surface area contributed by atoms with Crippen molar-refractivity contribution in [2.75, 3.05) is 20.3 Å². The summed E-state index contributed by atoms with van der Waals surface area (Å²) >= 11 is 0. The van der Waals surface area contributed by atoms with Gasteiger partial charge in [0.1, 0.15) is 11.5 Å². The molecule has 0 aliphatic carbocycles. The molecule has 134 valence electrons. The molecule has 1 aromatic rings. The molecule has 0 saturated heterocycles. The summed E-state index contributed by atoms with van der Waals surface area (Å²) in [7, 11) is 1.62. The number of allylic oxidation sites excluding steroid dienone is 2. The smallest absolute Gasteiger partial charge is 0.119 e. The monoisotopic (exact) mass is 326 g/mol. The third kappa shape index (κ3) is 12.7. The van der Waals surface area contributed by atoms with E-state index in [0.717, 1.165) is 24.2 Å². The lowest BCUT2D eigenvalue weighted by molar-refractivity contribution is 0.242. The van der Waals surface area contributed by atoms with E-state index in [1.807, 2.05) is 32.1 Å². The summed E-state index contributed by atoms with van der Waals surface area (Å²) in [4.78, 5) is 0. The van der Waals surface area contributed by atoms with Crippen molar-refractivity contribution in [3.63, 3.8) is 0 Å². The molecule has 23 heavy (non-hydrogen) atoms. The average molecular weight is 326 g/mol. The van der Waals surface area contributed by atoms with Crippen LogP contribution in [0.3, 0.4) is 0 Å². The lowest BCUT2D eigenvalue weighted by Gasteiger charge is -2.20. The van der Waals surface area contributed by atoms with Crippen LogP contribution < -0.4 is 4.74 Å². The van der Waals surface area contributed by atoms with Crippen molar-refractivity contribution in [1.82, 2.24) is 0 Å². The van der Waals surface area contributed by atoms with E-state index in [1.54, 1.807) is 19.2 Å². The molecule has 0 saturated carbocycles. The highest BCUT2D eigenvalue weighted by Gasteiger charge is 2.18. The van der Waals surface area contributed by atoms with Crippen LogP contribution in [-0.2, 0) is 5.41 Å². The van der Waals surface area contributed by atoms with Crippen molar-refractivity contribution in [2.24, 2.45) is 0 Å². The molecule has 1 aromatic carbocycles. The Morgan fingerprint density at radius 1 is 1.00 bits per heavy atom. The topological polar surface area (TPSA) is 69.9 Å². The van der Waals surface area contributed by atoms with Crippen molar-refractivity contribution in [1.29, 1.82) is 0 Å². The van der Waals surface area contributed by atoms with Crippen LogP contribution in [0.5, 0.6) is 11.5 Å². The van der Waals surface area contributed by atoms with Crippen LogP contribution in [0.15, 0.2) is 30.4 Å². The highest BCUT2D eigenvalue weighted by Crippen LogP contribution is 2.33. The number of aromatic hydroxyl groups is 1. The van der Waals surface area contributed by atoms with Crippen LogP contribution in [0.4, 0.5) is 0 Å². The lowest BCUT2D eigenvalue weighted by atomic mass is 9.86. The Hall–Kier alpha value is -1.52. The van der Waals surface area contributed by atoms with Gasteiger partial charge in [-0.1, -0.05) is 32.9 Å². The zero-order valence-corrected chi connectivity index (χ0v) is 15.5. The fraction of sp³-hybridized carbons (Fsp3) is 0.579. The maximum absolute atomic E-state index is 9.61. The summed E-state index contributed by atoms with van der Waals surface area (Å²) in [5.74, 6) is 1.11. The second-order valence-electron chi connectivity index (χ2n) is 5.95. The first-order valence-electron chi connectivity index (χ1n) is 7.94. The van der Waals surface area contributed by atoms with Crippen molar-refractivity contribution in [3.05, 3.63) is 35.9 Å². The summed E-state index contributed by atoms with van der Waals surface area (Å²) in [6.07, 6.45) is 5.44. The second kappa shape index (κ2) is 14.1. The van der Waals surface area contributed by atoms with Gasteiger partial charge in [-0.3, -0.25) is 0 Å². The van der Waals surface area contributed by atoms with Crippen LogP contribution in [0.2, 0.25) is 0 Å². The van der Waals surface area contributed by atoms with Gasteiger partial charge in [-0.25, -0.2) is 0 Å². The molecular weight excluding hydrogens is 292 g/mol. The number of unbranched alkanes of at least 4 members (excludes halogenated alkanes) is 1.